The van der Waals surface area contributed by atoms with Crippen LogP contribution < -0.4 is 5.32 Å². The van der Waals surface area contributed by atoms with Gasteiger partial charge in [0.25, 0.3) is 5.69 Å². The maximum atomic E-state index is 10.8. The topological polar surface area (TPSA) is 55.2 Å². The molecule has 4 nitrogen and oxygen atoms in total. The van der Waals surface area contributed by atoms with E-state index in [2.05, 4.69) is 21.2 Å². The van der Waals surface area contributed by atoms with Gasteiger partial charge >= 0.3 is 0 Å². The number of rotatable bonds is 5. The molecule has 0 saturated carbocycles. The molecular weight excluding hydrogens is 272 g/mol. The van der Waals surface area contributed by atoms with Gasteiger partial charge in [0.1, 0.15) is 0 Å². The fourth-order valence-corrected chi connectivity index (χ4v) is 1.60. The third-order valence-corrected chi connectivity index (χ3v) is 2.54. The van der Waals surface area contributed by atoms with Crippen LogP contribution >= 0.6 is 15.9 Å². The molecule has 0 atom stereocenters. The lowest BCUT2D eigenvalue weighted by Crippen LogP contribution is -2.05. The Morgan fingerprint density at radius 1 is 1.56 bits per heavy atom. The summed E-state index contributed by atoms with van der Waals surface area (Å²) in [5, 5.41) is 13.8. The summed E-state index contributed by atoms with van der Waals surface area (Å²) in [5.41, 5.74) is 0.749. The molecule has 1 aromatic carbocycles. The van der Waals surface area contributed by atoms with Crippen LogP contribution in [0.1, 0.15) is 12.0 Å². The van der Waals surface area contributed by atoms with E-state index in [4.69, 9.17) is 0 Å². The molecule has 0 fully saturated rings. The third kappa shape index (κ3) is 3.75. The highest BCUT2D eigenvalue weighted by atomic mass is 79.9. The Kier molecular flexibility index (Phi) is 5.14. The molecular formula is C11H13BrN2O2. The molecule has 0 bridgehead atoms. The molecule has 16 heavy (non-hydrogen) atoms. The quantitative estimate of drug-likeness (QED) is 0.514. The second-order valence-electron chi connectivity index (χ2n) is 3.25. The van der Waals surface area contributed by atoms with E-state index in [1.165, 1.54) is 6.07 Å². The summed E-state index contributed by atoms with van der Waals surface area (Å²) < 4.78 is 0.714. The molecule has 0 spiro atoms. The molecule has 0 heterocycles. The zero-order chi connectivity index (χ0) is 12.0. The van der Waals surface area contributed by atoms with Gasteiger partial charge < -0.3 is 5.32 Å². The molecule has 1 rings (SSSR count). The van der Waals surface area contributed by atoms with Gasteiger partial charge in [0.2, 0.25) is 0 Å². The van der Waals surface area contributed by atoms with E-state index in [-0.39, 0.29) is 10.6 Å². The van der Waals surface area contributed by atoms with E-state index in [1.54, 1.807) is 18.2 Å². The molecule has 86 valence electrons. The van der Waals surface area contributed by atoms with Gasteiger partial charge in [0.15, 0.2) is 0 Å². The average molecular weight is 285 g/mol. The van der Waals surface area contributed by atoms with Crippen molar-refractivity contribution < 1.29 is 4.92 Å². The van der Waals surface area contributed by atoms with Crippen molar-refractivity contribution in [3.8, 4) is 0 Å². The first kappa shape index (κ1) is 12.9. The van der Waals surface area contributed by atoms with Crippen molar-refractivity contribution >= 4 is 27.7 Å². The first-order valence-electron chi connectivity index (χ1n) is 4.90. The number of nitro groups is 1. The van der Waals surface area contributed by atoms with Gasteiger partial charge in [-0.3, -0.25) is 10.1 Å². The molecule has 0 unspecified atom stereocenters. The lowest BCUT2D eigenvalue weighted by molar-refractivity contribution is -0.385. The minimum Gasteiger partial charge on any atom is -0.319 e. The molecule has 1 N–H and O–H groups in total. The third-order valence-electron chi connectivity index (χ3n) is 2.05. The molecule has 0 saturated heterocycles. The van der Waals surface area contributed by atoms with E-state index < -0.39 is 0 Å². The van der Waals surface area contributed by atoms with Crippen molar-refractivity contribution in [3.63, 3.8) is 0 Å². The fraction of sp³-hybridized carbons (Fsp3) is 0.273. The van der Waals surface area contributed by atoms with Gasteiger partial charge in [-0.05, 0) is 32.1 Å². The van der Waals surface area contributed by atoms with Crippen LogP contribution in [0.2, 0.25) is 0 Å². The summed E-state index contributed by atoms with van der Waals surface area (Å²) in [4.78, 5) is 10.4. The van der Waals surface area contributed by atoms with Crippen LogP contribution in [0.15, 0.2) is 28.7 Å². The SMILES string of the molecule is CNCCC=Cc1ccc(Br)cc1[N+](=O)[O-]. The Balaban J connectivity index is 2.86. The van der Waals surface area contributed by atoms with Gasteiger partial charge in [0, 0.05) is 10.5 Å². The average Bonchev–Trinajstić information content (AvgIpc) is 2.26. The summed E-state index contributed by atoms with van der Waals surface area (Å²) in [6.45, 7) is 0.862. The minimum atomic E-state index is -0.373. The Labute approximate surface area is 103 Å². The highest BCUT2D eigenvalue weighted by Crippen LogP contribution is 2.24. The van der Waals surface area contributed by atoms with Gasteiger partial charge in [-0.1, -0.05) is 28.1 Å². The van der Waals surface area contributed by atoms with Crippen LogP contribution in [-0.2, 0) is 0 Å². The summed E-state index contributed by atoms with van der Waals surface area (Å²) in [7, 11) is 1.87. The number of hydrogen-bond acceptors (Lipinski definition) is 3. The van der Waals surface area contributed by atoms with Crippen LogP contribution in [0, 0.1) is 10.1 Å². The summed E-state index contributed by atoms with van der Waals surface area (Å²) in [6, 6.07) is 5.04. The van der Waals surface area contributed by atoms with Gasteiger partial charge in [-0.15, -0.1) is 0 Å². The number of hydrogen-bond donors (Lipinski definition) is 1. The highest BCUT2D eigenvalue weighted by molar-refractivity contribution is 9.10. The van der Waals surface area contributed by atoms with Gasteiger partial charge in [-0.2, -0.15) is 0 Å². The van der Waals surface area contributed by atoms with Gasteiger partial charge in [-0.25, -0.2) is 0 Å². The van der Waals surface area contributed by atoms with Crippen molar-refractivity contribution in [2.75, 3.05) is 13.6 Å². The molecule has 0 aliphatic rings. The number of benzene rings is 1. The summed E-state index contributed by atoms with van der Waals surface area (Å²) in [6.07, 6.45) is 4.55. The maximum Gasteiger partial charge on any atom is 0.277 e. The van der Waals surface area contributed by atoms with Crippen LogP contribution in [0.5, 0.6) is 0 Å². The second-order valence-corrected chi connectivity index (χ2v) is 4.17. The molecule has 0 aromatic heterocycles. The molecule has 0 radical (unpaired) electrons. The smallest absolute Gasteiger partial charge is 0.277 e. The molecule has 0 amide bonds. The van der Waals surface area contributed by atoms with Crippen LogP contribution in [-0.4, -0.2) is 18.5 Å². The van der Waals surface area contributed by atoms with Crippen LogP contribution in [0.3, 0.4) is 0 Å². The normalized spacial score (nSPS) is 10.9. The van der Waals surface area contributed by atoms with Gasteiger partial charge in [0.05, 0.1) is 10.5 Å². The van der Waals surface area contributed by atoms with Crippen molar-refractivity contribution in [3.05, 3.63) is 44.4 Å². The van der Waals surface area contributed by atoms with Crippen molar-refractivity contribution in [2.24, 2.45) is 0 Å². The van der Waals surface area contributed by atoms with Crippen LogP contribution in [0.4, 0.5) is 5.69 Å². The zero-order valence-corrected chi connectivity index (χ0v) is 10.5. The second kappa shape index (κ2) is 6.40. The molecule has 5 heteroatoms. The monoisotopic (exact) mass is 284 g/mol. The van der Waals surface area contributed by atoms with E-state index in [1.807, 2.05) is 13.1 Å². The van der Waals surface area contributed by atoms with Crippen molar-refractivity contribution in [1.82, 2.24) is 5.32 Å². The number of nitrogens with one attached hydrogen (secondary N) is 1. The Bertz CT molecular complexity index is 405. The lowest BCUT2D eigenvalue weighted by atomic mass is 10.1. The minimum absolute atomic E-state index is 0.120. The molecule has 0 aliphatic heterocycles. The Morgan fingerprint density at radius 2 is 2.31 bits per heavy atom. The standard InChI is InChI=1S/C11H13BrN2O2/c1-13-7-3-2-4-9-5-6-10(12)8-11(9)14(15)16/h2,4-6,8,13H,3,7H2,1H3. The van der Waals surface area contributed by atoms with Crippen molar-refractivity contribution in [2.45, 2.75) is 6.42 Å². The first-order valence-corrected chi connectivity index (χ1v) is 5.69. The first-order chi connectivity index (χ1) is 7.65. The molecule has 1 aromatic rings. The predicted molar refractivity (Wildman–Crippen MR) is 68.4 cm³/mol. The number of nitro benzene ring substituents is 1. The largest absolute Gasteiger partial charge is 0.319 e. The van der Waals surface area contributed by atoms with E-state index in [0.29, 0.717) is 10.0 Å². The number of nitrogens with zero attached hydrogens (tertiary/aromatic N) is 1. The fourth-order valence-electron chi connectivity index (χ4n) is 1.25. The summed E-state index contributed by atoms with van der Waals surface area (Å²) in [5.74, 6) is 0. The number of halogens is 1. The van der Waals surface area contributed by atoms with Crippen molar-refractivity contribution in [1.29, 1.82) is 0 Å². The molecule has 0 aliphatic carbocycles. The highest BCUT2D eigenvalue weighted by Gasteiger charge is 2.11. The zero-order valence-electron chi connectivity index (χ0n) is 8.94. The maximum absolute atomic E-state index is 10.8. The van der Waals surface area contributed by atoms with Crippen LogP contribution in [0.25, 0.3) is 6.08 Å². The lowest BCUT2D eigenvalue weighted by Gasteiger charge is -1.98. The summed E-state index contributed by atoms with van der Waals surface area (Å²) >= 11 is 3.22. The Hall–Kier alpha value is -1.20. The van der Waals surface area contributed by atoms with E-state index in [9.17, 15) is 10.1 Å². The van der Waals surface area contributed by atoms with E-state index >= 15 is 0 Å². The predicted octanol–water partition coefficient (Wildman–Crippen LogP) is 2.98. The van der Waals surface area contributed by atoms with E-state index in [0.717, 1.165) is 13.0 Å². The Morgan fingerprint density at radius 3 is 2.94 bits per heavy atom.